The molecule has 3 heterocycles. The summed E-state index contributed by atoms with van der Waals surface area (Å²) in [4.78, 5) is 14.3. The largest absolute Gasteiger partial charge is 0.396 e. The summed E-state index contributed by atoms with van der Waals surface area (Å²) in [5, 5.41) is 50.8. The van der Waals surface area contributed by atoms with Crippen molar-refractivity contribution in [2.24, 2.45) is 57.5 Å². The number of aliphatic hydroxyl groups excluding tert-OH is 2. The molecule has 7 fully saturated rings. The number of allylic oxidation sites excluding steroid dienone is 1. The van der Waals surface area contributed by atoms with Crippen LogP contribution in [0.3, 0.4) is 0 Å². The molecule has 0 amide bonds. The van der Waals surface area contributed by atoms with E-state index in [1.807, 2.05) is 19.9 Å². The molecule has 0 bridgehead atoms. The Morgan fingerprint density at radius 3 is 2.50 bits per heavy atom. The van der Waals surface area contributed by atoms with Gasteiger partial charge in [0, 0.05) is 23.4 Å². The lowest BCUT2D eigenvalue weighted by Crippen LogP contribution is -2.64. The number of ketones is 1. The number of nitrogens with two attached hydrogens (primary N) is 1. The van der Waals surface area contributed by atoms with Crippen LogP contribution in [0.2, 0.25) is 0 Å². The van der Waals surface area contributed by atoms with Gasteiger partial charge in [0.2, 0.25) is 0 Å². The van der Waals surface area contributed by atoms with E-state index in [2.05, 4.69) is 19.2 Å². The van der Waals surface area contributed by atoms with Crippen LogP contribution in [0.4, 0.5) is 0 Å². The van der Waals surface area contributed by atoms with E-state index in [1.165, 1.54) is 12.8 Å². The lowest BCUT2D eigenvalue weighted by molar-refractivity contribution is -0.196. The van der Waals surface area contributed by atoms with Crippen molar-refractivity contribution in [2.75, 3.05) is 19.8 Å². The number of epoxide rings is 1. The quantitative estimate of drug-likeness (QED) is 0.177. The SMILES string of the molecule is C[C@@H]1CCO[C@@]([C@@H]2O[C@@H]2[C@](C)(O)[C@](C)(CO)CCC2CCNC(N)C2)([C@@H]2CC[C@]3(O)C4=CC(=O)[C@H]5C[C@@H](O)CC[C@]5(C5CCCC5)[C@@H]4CC[C@]23C)C1. The number of fused-ring (bicyclic) bond motifs is 5. The van der Waals surface area contributed by atoms with Crippen molar-refractivity contribution in [2.45, 2.75) is 178 Å². The minimum atomic E-state index is -1.29. The average molecular weight is 727 g/mol. The van der Waals surface area contributed by atoms with Crippen LogP contribution in [-0.2, 0) is 14.3 Å². The number of rotatable bonds is 9. The van der Waals surface area contributed by atoms with E-state index in [1.54, 1.807) is 0 Å². The molecular weight excluding hydrogens is 656 g/mol. The predicted octanol–water partition coefficient (Wildman–Crippen LogP) is 5.16. The highest BCUT2D eigenvalue weighted by atomic mass is 16.6. The first-order valence-corrected chi connectivity index (χ1v) is 21.4. The number of carbonyl (C=O) groups is 1. The normalized spacial score (nSPS) is 50.4. The van der Waals surface area contributed by atoms with Crippen molar-refractivity contribution in [3.63, 3.8) is 0 Å². The number of ether oxygens (including phenoxy) is 2. The smallest absolute Gasteiger partial charge is 0.159 e. The summed E-state index contributed by atoms with van der Waals surface area (Å²) in [7, 11) is 0. The summed E-state index contributed by atoms with van der Waals surface area (Å²) in [5.74, 6) is 1.46. The minimum absolute atomic E-state index is 0.00435. The summed E-state index contributed by atoms with van der Waals surface area (Å²) in [6.45, 7) is 9.80. The third-order valence-corrected chi connectivity index (χ3v) is 17.8. The molecule has 0 aromatic rings. The van der Waals surface area contributed by atoms with Gasteiger partial charge in [-0.05, 0) is 156 Å². The van der Waals surface area contributed by atoms with Crippen molar-refractivity contribution < 1.29 is 34.7 Å². The molecule has 0 aromatic carbocycles. The maximum absolute atomic E-state index is 14.3. The maximum atomic E-state index is 14.3. The van der Waals surface area contributed by atoms with Crippen LogP contribution in [0, 0.1) is 51.8 Å². The highest BCUT2D eigenvalue weighted by Crippen LogP contribution is 2.72. The van der Waals surface area contributed by atoms with Gasteiger partial charge >= 0.3 is 0 Å². The number of hydrogen-bond acceptors (Lipinski definition) is 9. The fourth-order valence-corrected chi connectivity index (χ4v) is 14.4. The van der Waals surface area contributed by atoms with E-state index in [9.17, 15) is 25.2 Å². The first kappa shape index (κ1) is 38.0. The highest BCUT2D eigenvalue weighted by Gasteiger charge is 2.75. The fourth-order valence-electron chi connectivity index (χ4n) is 14.4. The van der Waals surface area contributed by atoms with E-state index in [4.69, 9.17) is 15.2 Å². The molecule has 0 aromatic heterocycles. The summed E-state index contributed by atoms with van der Waals surface area (Å²) < 4.78 is 13.8. The van der Waals surface area contributed by atoms with Crippen LogP contribution < -0.4 is 11.1 Å². The molecule has 0 spiro atoms. The Bertz CT molecular complexity index is 1400. The Kier molecular flexibility index (Phi) is 9.75. The monoisotopic (exact) mass is 727 g/mol. The number of aliphatic hydroxyl groups is 4. The van der Waals surface area contributed by atoms with Crippen LogP contribution in [0.25, 0.3) is 0 Å². The van der Waals surface area contributed by atoms with Crippen LogP contribution in [0.1, 0.15) is 137 Å². The van der Waals surface area contributed by atoms with E-state index in [-0.39, 0.29) is 47.8 Å². The number of piperidine rings is 1. The van der Waals surface area contributed by atoms with E-state index in [0.29, 0.717) is 43.6 Å². The van der Waals surface area contributed by atoms with Gasteiger partial charge in [0.05, 0.1) is 30.1 Å². The van der Waals surface area contributed by atoms with E-state index < -0.39 is 39.8 Å². The molecule has 3 aliphatic heterocycles. The fraction of sp³-hybridized carbons (Fsp3) is 0.930. The van der Waals surface area contributed by atoms with E-state index in [0.717, 1.165) is 89.2 Å². The summed E-state index contributed by atoms with van der Waals surface area (Å²) >= 11 is 0. The number of nitrogens with one attached hydrogen (secondary N) is 1. The zero-order valence-electron chi connectivity index (χ0n) is 32.6. The Labute approximate surface area is 312 Å². The third kappa shape index (κ3) is 5.54. The Balaban J connectivity index is 1.10. The molecule has 9 nitrogen and oxygen atoms in total. The number of carbonyl (C=O) groups excluding carboxylic acids is 1. The second-order valence-electron chi connectivity index (χ2n) is 20.3. The maximum Gasteiger partial charge on any atom is 0.159 e. The lowest BCUT2D eigenvalue weighted by Gasteiger charge is -2.63. The predicted molar refractivity (Wildman–Crippen MR) is 199 cm³/mol. The standard InChI is InChI=1S/C43H70N2O7/c1-26-14-20-51-42(24-26,37-36(52-37)40(4,49)38(2,25-46)15-9-27-13-19-45-35(44)21-27)34-12-18-43(50)31-23-33(48)32-22-29(47)10-17-41(32,28-7-5-6-8-28)30(31)11-16-39(34,43)3/h23,26-30,32,34-37,45-47,49-50H,5-22,24-25,44H2,1-4H3/t26-,27?,29+,30-,32-,34-,35?,36+,37-,38+,39-,40+,41+,42-,43+/m1/s1. The van der Waals surface area contributed by atoms with Crippen LogP contribution in [0.15, 0.2) is 11.6 Å². The Morgan fingerprint density at radius 1 is 1.02 bits per heavy atom. The second-order valence-corrected chi connectivity index (χ2v) is 20.3. The van der Waals surface area contributed by atoms with E-state index >= 15 is 0 Å². The van der Waals surface area contributed by atoms with Gasteiger partial charge in [0.15, 0.2) is 5.78 Å². The van der Waals surface area contributed by atoms with Gasteiger partial charge in [-0.1, -0.05) is 33.6 Å². The average Bonchev–Trinajstić information content (AvgIpc) is 3.66. The third-order valence-electron chi connectivity index (χ3n) is 17.8. The molecule has 294 valence electrons. The summed E-state index contributed by atoms with van der Waals surface area (Å²) in [6, 6.07) is 0. The second kappa shape index (κ2) is 13.3. The van der Waals surface area contributed by atoms with Crippen LogP contribution in [-0.4, -0.2) is 87.2 Å². The van der Waals surface area contributed by atoms with Crippen molar-refractivity contribution >= 4 is 5.78 Å². The van der Waals surface area contributed by atoms with Gasteiger partial charge in [-0.25, -0.2) is 0 Å². The molecule has 8 rings (SSSR count). The van der Waals surface area contributed by atoms with Gasteiger partial charge in [-0.15, -0.1) is 0 Å². The summed E-state index contributed by atoms with van der Waals surface area (Å²) in [5.41, 5.74) is 2.63. The zero-order chi connectivity index (χ0) is 36.9. The molecule has 8 aliphatic rings. The van der Waals surface area contributed by atoms with Gasteiger partial charge in [0.1, 0.15) is 17.8 Å². The molecule has 7 N–H and O–H groups in total. The molecular formula is C43H70N2O7. The zero-order valence-corrected chi connectivity index (χ0v) is 32.6. The van der Waals surface area contributed by atoms with Crippen LogP contribution >= 0.6 is 0 Å². The van der Waals surface area contributed by atoms with Crippen molar-refractivity contribution in [3.05, 3.63) is 11.6 Å². The first-order valence-electron chi connectivity index (χ1n) is 21.4. The Morgan fingerprint density at radius 2 is 1.79 bits per heavy atom. The van der Waals surface area contributed by atoms with Gasteiger partial charge in [-0.2, -0.15) is 0 Å². The van der Waals surface area contributed by atoms with Crippen molar-refractivity contribution in [3.8, 4) is 0 Å². The molecule has 0 radical (unpaired) electrons. The minimum Gasteiger partial charge on any atom is -0.396 e. The highest BCUT2D eigenvalue weighted by molar-refractivity contribution is 5.95. The molecule has 3 saturated heterocycles. The summed E-state index contributed by atoms with van der Waals surface area (Å²) in [6.07, 6.45) is 15.9. The van der Waals surface area contributed by atoms with Crippen molar-refractivity contribution in [1.29, 1.82) is 0 Å². The molecule has 52 heavy (non-hydrogen) atoms. The van der Waals surface area contributed by atoms with Crippen LogP contribution in [0.5, 0.6) is 0 Å². The lowest BCUT2D eigenvalue weighted by atomic mass is 9.42. The van der Waals surface area contributed by atoms with Gasteiger partial charge in [0.25, 0.3) is 0 Å². The molecule has 15 atom stereocenters. The number of hydrogen-bond donors (Lipinski definition) is 6. The van der Waals surface area contributed by atoms with Crippen molar-refractivity contribution in [1.82, 2.24) is 5.32 Å². The molecule has 5 aliphatic carbocycles. The molecule has 4 saturated carbocycles. The molecule has 2 unspecified atom stereocenters. The molecule has 9 heteroatoms. The topological polar surface area (TPSA) is 158 Å². The van der Waals surface area contributed by atoms with Gasteiger partial charge < -0.3 is 41.0 Å². The first-order chi connectivity index (χ1) is 24.6. The Hall–Kier alpha value is -0.910. The van der Waals surface area contributed by atoms with Gasteiger partial charge in [-0.3, -0.25) is 4.79 Å².